The summed E-state index contributed by atoms with van der Waals surface area (Å²) in [5.74, 6) is -1.58. The van der Waals surface area contributed by atoms with E-state index in [1.165, 1.54) is 0 Å². The minimum Gasteiger partial charge on any atom is -0.481 e. The van der Waals surface area contributed by atoms with Crippen molar-refractivity contribution in [2.45, 2.75) is 149 Å². The van der Waals surface area contributed by atoms with Crippen LogP contribution in [-0.2, 0) is 28.5 Å². The Morgan fingerprint density at radius 2 is 1.08 bits per heavy atom. The fraction of sp³-hybridized carbons (Fsp3) is 0.933. The number of hydrogen-bond donors (Lipinski definition) is 2. The molecule has 0 saturated carbocycles. The van der Waals surface area contributed by atoms with Crippen molar-refractivity contribution in [2.24, 2.45) is 5.41 Å². The van der Waals surface area contributed by atoms with Crippen molar-refractivity contribution >= 4 is 11.9 Å². The van der Waals surface area contributed by atoms with Gasteiger partial charge in [0.15, 0.2) is 0 Å². The summed E-state index contributed by atoms with van der Waals surface area (Å²) < 4.78 is 23.7. The first-order valence-electron chi connectivity index (χ1n) is 15.0. The van der Waals surface area contributed by atoms with E-state index in [9.17, 15) is 14.7 Å². The molecule has 8 heteroatoms. The van der Waals surface area contributed by atoms with Crippen molar-refractivity contribution in [3.8, 4) is 0 Å². The number of carbonyl (C=O) groups is 2. The van der Waals surface area contributed by atoms with Gasteiger partial charge >= 0.3 is 11.9 Å². The summed E-state index contributed by atoms with van der Waals surface area (Å²) in [5.41, 5.74) is -0.960. The SMILES string of the molecule is CCCCOC(C)COC(C)CC(CCCCCCCC(=O)O)(CC(C)OCC(C)OCCCC)C(=O)O. The van der Waals surface area contributed by atoms with Crippen LogP contribution in [0.5, 0.6) is 0 Å². The predicted octanol–water partition coefficient (Wildman–Crippen LogP) is 6.87. The summed E-state index contributed by atoms with van der Waals surface area (Å²) in [5, 5.41) is 19.2. The van der Waals surface area contributed by atoms with Crippen LogP contribution in [0.2, 0.25) is 0 Å². The van der Waals surface area contributed by atoms with Gasteiger partial charge in [0.1, 0.15) is 0 Å². The van der Waals surface area contributed by atoms with Crippen LogP contribution in [-0.4, -0.2) is 73.0 Å². The molecule has 0 aromatic rings. The zero-order chi connectivity index (χ0) is 28.8. The largest absolute Gasteiger partial charge is 0.481 e. The Bertz CT molecular complexity index is 569. The number of carboxylic acids is 2. The molecule has 0 bridgehead atoms. The van der Waals surface area contributed by atoms with Crippen molar-refractivity contribution in [3.63, 3.8) is 0 Å². The lowest BCUT2D eigenvalue weighted by atomic mass is 9.73. The lowest BCUT2D eigenvalue weighted by molar-refractivity contribution is -0.156. The highest BCUT2D eigenvalue weighted by molar-refractivity contribution is 5.74. The molecule has 226 valence electrons. The number of unbranched alkanes of at least 4 members (excludes halogenated alkanes) is 6. The minimum absolute atomic E-state index is 0.0366. The van der Waals surface area contributed by atoms with Crippen LogP contribution < -0.4 is 0 Å². The zero-order valence-corrected chi connectivity index (χ0v) is 25.2. The van der Waals surface area contributed by atoms with Crippen LogP contribution in [0.3, 0.4) is 0 Å². The molecule has 0 amide bonds. The number of rotatable bonds is 27. The fourth-order valence-corrected chi connectivity index (χ4v) is 4.61. The summed E-state index contributed by atoms with van der Waals surface area (Å²) in [6, 6.07) is 0. The van der Waals surface area contributed by atoms with Crippen molar-refractivity contribution in [1.29, 1.82) is 0 Å². The van der Waals surface area contributed by atoms with Crippen LogP contribution >= 0.6 is 0 Å². The Hall–Kier alpha value is -1.22. The van der Waals surface area contributed by atoms with Crippen LogP contribution in [0.25, 0.3) is 0 Å². The molecule has 4 atom stereocenters. The van der Waals surface area contributed by atoms with Crippen molar-refractivity contribution in [2.75, 3.05) is 26.4 Å². The highest BCUT2D eigenvalue weighted by atomic mass is 16.5. The standard InChI is InChI=1S/C30H58O8/c1-7-9-18-35-26(5)22-37-24(3)20-30(29(33)34,17-15-13-11-12-14-16-28(31)32)21-25(4)38-23-27(6)36-19-10-8-2/h24-27H,7-23H2,1-6H3,(H,31,32)(H,33,34). The smallest absolute Gasteiger partial charge is 0.309 e. The third-order valence-electron chi connectivity index (χ3n) is 6.89. The first-order chi connectivity index (χ1) is 18.1. The number of carboxylic acid groups (broad SMARTS) is 2. The second-order valence-corrected chi connectivity index (χ2v) is 11.0. The second kappa shape index (κ2) is 22.6. The van der Waals surface area contributed by atoms with Crippen LogP contribution in [0.15, 0.2) is 0 Å². The number of ether oxygens (including phenoxy) is 4. The second-order valence-electron chi connectivity index (χ2n) is 11.0. The summed E-state index contributed by atoms with van der Waals surface area (Å²) >= 11 is 0. The molecular formula is C30H58O8. The molecule has 0 radical (unpaired) electrons. The molecule has 0 aromatic heterocycles. The van der Waals surface area contributed by atoms with Crippen molar-refractivity contribution in [1.82, 2.24) is 0 Å². The maximum Gasteiger partial charge on any atom is 0.309 e. The molecule has 0 saturated heterocycles. The van der Waals surface area contributed by atoms with Gasteiger partial charge in [-0.05, 0) is 66.2 Å². The van der Waals surface area contributed by atoms with E-state index < -0.39 is 17.4 Å². The van der Waals surface area contributed by atoms with Gasteiger partial charge in [0.2, 0.25) is 0 Å². The molecule has 0 heterocycles. The molecule has 4 unspecified atom stereocenters. The van der Waals surface area contributed by atoms with E-state index in [4.69, 9.17) is 24.1 Å². The molecule has 0 aliphatic carbocycles. The van der Waals surface area contributed by atoms with E-state index in [1.54, 1.807) is 0 Å². The highest BCUT2D eigenvalue weighted by Crippen LogP contribution is 2.38. The average Bonchev–Trinajstić information content (AvgIpc) is 2.85. The lowest BCUT2D eigenvalue weighted by Gasteiger charge is -2.35. The Kier molecular flexibility index (Phi) is 21.9. The maximum absolute atomic E-state index is 12.7. The molecule has 0 rings (SSSR count). The Morgan fingerprint density at radius 3 is 1.50 bits per heavy atom. The summed E-state index contributed by atoms with van der Waals surface area (Å²) in [6.07, 6.45) is 9.22. The Balaban J connectivity index is 5.07. The molecule has 8 nitrogen and oxygen atoms in total. The molecule has 0 aliphatic heterocycles. The quantitative estimate of drug-likeness (QED) is 0.107. The van der Waals surface area contributed by atoms with Crippen LogP contribution in [0.1, 0.15) is 125 Å². The Labute approximate surface area is 232 Å². The number of hydrogen-bond acceptors (Lipinski definition) is 6. The van der Waals surface area contributed by atoms with E-state index in [0.29, 0.717) is 52.1 Å². The van der Waals surface area contributed by atoms with Gasteiger partial charge in [-0.1, -0.05) is 52.4 Å². The van der Waals surface area contributed by atoms with Gasteiger partial charge < -0.3 is 29.2 Å². The fourth-order valence-electron chi connectivity index (χ4n) is 4.61. The van der Waals surface area contributed by atoms with Gasteiger partial charge in [-0.3, -0.25) is 9.59 Å². The van der Waals surface area contributed by atoms with E-state index in [2.05, 4.69) is 13.8 Å². The first-order valence-corrected chi connectivity index (χ1v) is 15.0. The molecule has 0 aromatic carbocycles. The first kappa shape index (κ1) is 36.8. The van der Waals surface area contributed by atoms with Crippen molar-refractivity contribution < 1.29 is 38.7 Å². The van der Waals surface area contributed by atoms with Gasteiger partial charge in [0.05, 0.1) is 43.0 Å². The third kappa shape index (κ3) is 18.9. The third-order valence-corrected chi connectivity index (χ3v) is 6.89. The molecule has 2 N–H and O–H groups in total. The van der Waals surface area contributed by atoms with E-state index in [1.807, 2.05) is 27.7 Å². The molecular weight excluding hydrogens is 488 g/mol. The van der Waals surface area contributed by atoms with Gasteiger partial charge in [0, 0.05) is 19.6 Å². The predicted molar refractivity (Wildman–Crippen MR) is 151 cm³/mol. The topological polar surface area (TPSA) is 112 Å². The van der Waals surface area contributed by atoms with Gasteiger partial charge in [-0.2, -0.15) is 0 Å². The molecule has 0 aliphatic rings. The lowest BCUT2D eigenvalue weighted by Crippen LogP contribution is -2.39. The zero-order valence-electron chi connectivity index (χ0n) is 25.2. The monoisotopic (exact) mass is 546 g/mol. The Morgan fingerprint density at radius 1 is 0.632 bits per heavy atom. The number of aliphatic carboxylic acids is 2. The molecule has 0 spiro atoms. The van der Waals surface area contributed by atoms with Gasteiger partial charge in [-0.25, -0.2) is 0 Å². The van der Waals surface area contributed by atoms with E-state index in [-0.39, 0.29) is 30.8 Å². The van der Waals surface area contributed by atoms with E-state index in [0.717, 1.165) is 51.4 Å². The average molecular weight is 547 g/mol. The highest BCUT2D eigenvalue weighted by Gasteiger charge is 2.41. The minimum atomic E-state index is -0.960. The van der Waals surface area contributed by atoms with Gasteiger partial charge in [0.25, 0.3) is 0 Å². The van der Waals surface area contributed by atoms with Gasteiger partial charge in [-0.15, -0.1) is 0 Å². The molecule has 38 heavy (non-hydrogen) atoms. The van der Waals surface area contributed by atoms with Crippen LogP contribution in [0, 0.1) is 5.41 Å². The summed E-state index contributed by atoms with van der Waals surface area (Å²) in [6.45, 7) is 14.4. The normalized spacial score (nSPS) is 16.5. The van der Waals surface area contributed by atoms with E-state index >= 15 is 0 Å². The van der Waals surface area contributed by atoms with Crippen LogP contribution in [0.4, 0.5) is 0 Å². The molecule has 0 fully saturated rings. The summed E-state index contributed by atoms with van der Waals surface area (Å²) in [4.78, 5) is 23.5. The van der Waals surface area contributed by atoms with Crippen molar-refractivity contribution in [3.05, 3.63) is 0 Å². The maximum atomic E-state index is 12.7. The summed E-state index contributed by atoms with van der Waals surface area (Å²) in [7, 11) is 0.